The van der Waals surface area contributed by atoms with Gasteiger partial charge in [0.1, 0.15) is 11.9 Å². The lowest BCUT2D eigenvalue weighted by molar-refractivity contribution is -0.0232. The van der Waals surface area contributed by atoms with Crippen LogP contribution in [0.5, 0.6) is 17.2 Å². The van der Waals surface area contributed by atoms with E-state index in [1.54, 1.807) is 12.3 Å². The third-order valence-electron chi connectivity index (χ3n) is 6.95. The summed E-state index contributed by atoms with van der Waals surface area (Å²) >= 11 is 0. The van der Waals surface area contributed by atoms with Gasteiger partial charge < -0.3 is 24.2 Å². The molecule has 1 aliphatic carbocycles. The summed E-state index contributed by atoms with van der Waals surface area (Å²) in [7, 11) is 0. The lowest BCUT2D eigenvalue weighted by atomic mass is 9.78. The normalized spacial score (nSPS) is 25.7. The summed E-state index contributed by atoms with van der Waals surface area (Å²) < 4.78 is 16.9. The van der Waals surface area contributed by atoms with Gasteiger partial charge >= 0.3 is 0 Å². The van der Waals surface area contributed by atoms with Gasteiger partial charge in [-0.05, 0) is 60.6 Å². The average Bonchev–Trinajstić information content (AvgIpc) is 3.59. The summed E-state index contributed by atoms with van der Waals surface area (Å²) in [6.07, 6.45) is 2.17. The van der Waals surface area contributed by atoms with E-state index in [1.165, 1.54) is 0 Å². The molecule has 1 aromatic heterocycles. The molecule has 8 nitrogen and oxygen atoms in total. The number of likely N-dealkylation sites (tertiary alicyclic amines) is 1. The van der Waals surface area contributed by atoms with Crippen molar-refractivity contribution in [2.75, 3.05) is 19.9 Å². The zero-order chi connectivity index (χ0) is 22.4. The molecule has 0 radical (unpaired) electrons. The second kappa shape index (κ2) is 8.12. The summed E-state index contributed by atoms with van der Waals surface area (Å²) in [6.45, 7) is 1.56. The number of hydrogen-bond acceptors (Lipinski definition) is 6. The molecule has 3 aliphatic rings. The molecule has 33 heavy (non-hydrogen) atoms. The average molecular weight is 447 g/mol. The molecule has 0 bridgehead atoms. The van der Waals surface area contributed by atoms with Crippen molar-refractivity contribution in [3.05, 3.63) is 60.3 Å². The van der Waals surface area contributed by atoms with Gasteiger partial charge in [0.2, 0.25) is 6.79 Å². The Balaban J connectivity index is 1.11. The van der Waals surface area contributed by atoms with Crippen molar-refractivity contribution < 1.29 is 24.1 Å². The highest BCUT2D eigenvalue weighted by Gasteiger charge is 2.44. The quantitative estimate of drug-likeness (QED) is 0.638. The summed E-state index contributed by atoms with van der Waals surface area (Å²) in [5.41, 5.74) is 2.58. The first-order valence-electron chi connectivity index (χ1n) is 11.3. The van der Waals surface area contributed by atoms with E-state index in [1.807, 2.05) is 47.4 Å². The van der Waals surface area contributed by atoms with E-state index < -0.39 is 6.10 Å². The first kappa shape index (κ1) is 20.1. The minimum Gasteiger partial charge on any atom is -0.488 e. The Hall–Kier alpha value is -3.52. The number of carbonyl (C=O) groups is 1. The van der Waals surface area contributed by atoms with Crippen LogP contribution in [0, 0.1) is 11.8 Å². The number of carbonyl (C=O) groups excluding carboxylic acids is 1. The highest BCUT2D eigenvalue weighted by molar-refractivity contribution is 5.94. The predicted octanol–water partition coefficient (Wildman–Crippen LogP) is 3.10. The molecular weight excluding hydrogens is 422 g/mol. The molecule has 2 fully saturated rings. The number of aromatic nitrogens is 2. The van der Waals surface area contributed by atoms with Gasteiger partial charge in [-0.1, -0.05) is 12.1 Å². The van der Waals surface area contributed by atoms with Crippen molar-refractivity contribution in [1.82, 2.24) is 15.1 Å². The number of nitrogens with zero attached hydrogens (tertiary/aromatic N) is 2. The molecule has 1 saturated carbocycles. The number of H-pyrrole nitrogens is 1. The Morgan fingerprint density at radius 1 is 1.03 bits per heavy atom. The van der Waals surface area contributed by atoms with Gasteiger partial charge in [0, 0.05) is 30.9 Å². The van der Waals surface area contributed by atoms with Crippen LogP contribution in [0.1, 0.15) is 23.2 Å². The van der Waals surface area contributed by atoms with Crippen LogP contribution in [0.2, 0.25) is 0 Å². The van der Waals surface area contributed by atoms with Gasteiger partial charge in [-0.15, -0.1) is 0 Å². The summed E-state index contributed by atoms with van der Waals surface area (Å²) in [5, 5.41) is 17.6. The number of aliphatic hydroxyl groups is 1. The van der Waals surface area contributed by atoms with Crippen LogP contribution in [-0.4, -0.2) is 58.2 Å². The fourth-order valence-corrected chi connectivity index (χ4v) is 5.20. The minimum atomic E-state index is -0.569. The number of rotatable bonds is 4. The molecule has 2 N–H and O–H groups in total. The maximum absolute atomic E-state index is 13.1. The van der Waals surface area contributed by atoms with E-state index in [9.17, 15) is 9.90 Å². The molecule has 8 heteroatoms. The van der Waals surface area contributed by atoms with E-state index in [4.69, 9.17) is 14.2 Å². The fourth-order valence-electron chi connectivity index (χ4n) is 5.20. The minimum absolute atomic E-state index is 0.0308. The molecule has 0 unspecified atom stereocenters. The number of hydrogen-bond donors (Lipinski definition) is 2. The third kappa shape index (κ3) is 3.80. The Labute approximate surface area is 191 Å². The summed E-state index contributed by atoms with van der Waals surface area (Å²) in [6, 6.07) is 15.0. The third-order valence-corrected chi connectivity index (χ3v) is 6.95. The summed E-state index contributed by atoms with van der Waals surface area (Å²) in [5.74, 6) is 2.64. The number of aliphatic hydroxyl groups excluding tert-OH is 1. The van der Waals surface area contributed by atoms with E-state index in [0.717, 1.165) is 11.3 Å². The zero-order valence-corrected chi connectivity index (χ0v) is 18.0. The van der Waals surface area contributed by atoms with E-state index >= 15 is 0 Å². The topological polar surface area (TPSA) is 96.9 Å². The molecule has 3 heterocycles. The van der Waals surface area contributed by atoms with Crippen LogP contribution in [0.3, 0.4) is 0 Å². The number of fused-ring (bicyclic) bond motifs is 2. The predicted molar refractivity (Wildman–Crippen MR) is 119 cm³/mol. The number of ether oxygens (including phenoxy) is 3. The zero-order valence-electron chi connectivity index (χ0n) is 18.0. The molecule has 2 aliphatic heterocycles. The van der Waals surface area contributed by atoms with Crippen LogP contribution in [-0.2, 0) is 0 Å². The monoisotopic (exact) mass is 447 g/mol. The maximum Gasteiger partial charge on any atom is 0.253 e. The van der Waals surface area contributed by atoms with Crippen LogP contribution in [0.15, 0.2) is 54.7 Å². The molecule has 3 aromatic rings. The molecule has 1 amide bonds. The first-order chi connectivity index (χ1) is 16.1. The van der Waals surface area contributed by atoms with Crippen LogP contribution < -0.4 is 14.2 Å². The van der Waals surface area contributed by atoms with Crippen LogP contribution in [0.25, 0.3) is 11.3 Å². The fraction of sp³-hybridized carbons (Fsp3) is 0.360. The maximum atomic E-state index is 13.1. The van der Waals surface area contributed by atoms with E-state index in [2.05, 4.69) is 10.2 Å². The highest BCUT2D eigenvalue weighted by Crippen LogP contribution is 2.40. The smallest absolute Gasteiger partial charge is 0.253 e. The van der Waals surface area contributed by atoms with Crippen molar-refractivity contribution in [3.63, 3.8) is 0 Å². The number of amides is 1. The number of aromatic amines is 1. The second-order valence-electron chi connectivity index (χ2n) is 8.99. The molecule has 6 rings (SSSR count). The Morgan fingerprint density at radius 3 is 2.61 bits per heavy atom. The van der Waals surface area contributed by atoms with Crippen LogP contribution >= 0.6 is 0 Å². The van der Waals surface area contributed by atoms with Gasteiger partial charge in [0.25, 0.3) is 5.91 Å². The molecular formula is C25H25N3O5. The lowest BCUT2D eigenvalue weighted by Crippen LogP contribution is -2.42. The van der Waals surface area contributed by atoms with Gasteiger partial charge in [-0.2, -0.15) is 5.10 Å². The molecule has 170 valence electrons. The second-order valence-corrected chi connectivity index (χ2v) is 8.99. The van der Waals surface area contributed by atoms with Crippen molar-refractivity contribution in [1.29, 1.82) is 0 Å². The van der Waals surface area contributed by atoms with Crippen molar-refractivity contribution in [2.24, 2.45) is 11.8 Å². The molecule has 0 spiro atoms. The molecule has 4 atom stereocenters. The van der Waals surface area contributed by atoms with Crippen molar-refractivity contribution >= 4 is 5.91 Å². The standard InChI is InChI=1S/C25H25N3O5/c29-21-9-17-12-28(25(30)16-3-1-15(2-4-16)20-7-8-26-27-20)13-18(17)10-23(21)33-19-5-6-22-24(11-19)32-14-31-22/h1-8,11,17-18,21,23,29H,9-10,12-14H2,(H,26,27)/t17-,18+,21+,23+/m0/s1. The SMILES string of the molecule is O=C(c1ccc(-c2ccn[nH]2)cc1)N1C[C@H]2C[C@@H](Oc3ccc4c(c3)OCO4)[C@H](O)C[C@H]2C1. The first-order valence-corrected chi connectivity index (χ1v) is 11.3. The van der Waals surface area contributed by atoms with E-state index in [-0.39, 0.29) is 24.7 Å². The van der Waals surface area contributed by atoms with Crippen LogP contribution in [0.4, 0.5) is 0 Å². The highest BCUT2D eigenvalue weighted by atomic mass is 16.7. The van der Waals surface area contributed by atoms with Gasteiger partial charge in [-0.25, -0.2) is 0 Å². The molecule has 2 aromatic carbocycles. The Bertz CT molecular complexity index is 1150. The summed E-state index contributed by atoms with van der Waals surface area (Å²) in [4.78, 5) is 15.0. The van der Waals surface area contributed by atoms with E-state index in [0.29, 0.717) is 54.7 Å². The number of nitrogens with one attached hydrogen (secondary N) is 1. The number of benzene rings is 2. The largest absolute Gasteiger partial charge is 0.488 e. The Kier molecular flexibility index (Phi) is 4.95. The van der Waals surface area contributed by atoms with Crippen molar-refractivity contribution in [3.8, 4) is 28.5 Å². The van der Waals surface area contributed by atoms with Gasteiger partial charge in [0.15, 0.2) is 11.5 Å². The Morgan fingerprint density at radius 2 is 1.82 bits per heavy atom. The lowest BCUT2D eigenvalue weighted by Gasteiger charge is -2.35. The van der Waals surface area contributed by atoms with Gasteiger partial charge in [0.05, 0.1) is 11.8 Å². The van der Waals surface area contributed by atoms with Gasteiger partial charge in [-0.3, -0.25) is 9.89 Å². The van der Waals surface area contributed by atoms with Crippen molar-refractivity contribution in [2.45, 2.75) is 25.0 Å². The molecule has 1 saturated heterocycles.